The molecule has 0 saturated carbocycles. The Kier molecular flexibility index (Phi) is 1.70. The smallest absolute Gasteiger partial charge is 0.241 e. The maximum absolute atomic E-state index is 12.5. The fraction of sp³-hybridized carbons (Fsp3) is 0. The number of nitrogens with one attached hydrogen (secondary N) is 1. The summed E-state index contributed by atoms with van der Waals surface area (Å²) < 4.78 is 18.4. The van der Waals surface area contributed by atoms with Crippen molar-refractivity contribution in [3.8, 4) is 5.69 Å². The number of aromatic nitrogens is 2. The van der Waals surface area contributed by atoms with Gasteiger partial charge in [-0.3, -0.25) is 0 Å². The molecule has 1 aromatic carbocycles. The summed E-state index contributed by atoms with van der Waals surface area (Å²) in [4.78, 5) is 0. The first kappa shape index (κ1) is 7.72. The van der Waals surface area contributed by atoms with E-state index in [2.05, 4.69) is 9.79 Å². The summed E-state index contributed by atoms with van der Waals surface area (Å²) in [7, 11) is 0. The van der Waals surface area contributed by atoms with Gasteiger partial charge in [0.15, 0.2) is 0 Å². The molecule has 1 N–H and O–H groups in total. The molecule has 0 amide bonds. The quantitative estimate of drug-likeness (QED) is 0.626. The second-order valence-electron chi connectivity index (χ2n) is 2.49. The highest BCUT2D eigenvalue weighted by atomic mass is 19.1. The van der Waals surface area contributed by atoms with Crippen molar-refractivity contribution >= 4 is 5.88 Å². The van der Waals surface area contributed by atoms with Crippen LogP contribution in [0.2, 0.25) is 0 Å². The predicted molar refractivity (Wildman–Crippen MR) is 42.0 cm³/mol. The molecule has 2 rings (SSSR count). The van der Waals surface area contributed by atoms with Gasteiger partial charge in [-0.05, 0) is 16.8 Å². The van der Waals surface area contributed by atoms with E-state index in [9.17, 15) is 4.39 Å². The number of benzene rings is 1. The molecule has 0 atom stereocenters. The van der Waals surface area contributed by atoms with Crippen LogP contribution in [0.5, 0.6) is 0 Å². The van der Waals surface area contributed by atoms with Gasteiger partial charge in [0.2, 0.25) is 17.2 Å². The molecule has 0 saturated heterocycles. The average molecular weight is 179 g/mol. The van der Waals surface area contributed by atoms with Gasteiger partial charge in [0.05, 0.1) is 0 Å². The van der Waals surface area contributed by atoms with Crippen molar-refractivity contribution < 1.29 is 13.6 Å². The normalized spacial score (nSPS) is 10.2. The van der Waals surface area contributed by atoms with Crippen molar-refractivity contribution in [1.29, 1.82) is 0 Å². The largest absolute Gasteiger partial charge is 0.660 e. The van der Waals surface area contributed by atoms with Gasteiger partial charge in [-0.15, -0.1) is 0 Å². The molecule has 0 aliphatic rings. The van der Waals surface area contributed by atoms with Gasteiger partial charge in [0, 0.05) is 12.1 Å². The molecule has 66 valence electrons. The minimum atomic E-state index is -0.307. The Balaban J connectivity index is 2.41. The van der Waals surface area contributed by atoms with E-state index in [1.165, 1.54) is 23.0 Å². The summed E-state index contributed by atoms with van der Waals surface area (Å²) in [5, 5.41) is 3.55. The Morgan fingerprint density at radius 2 is 2.00 bits per heavy atom. The molecule has 5 heteroatoms. The molecule has 4 nitrogen and oxygen atoms in total. The fourth-order valence-electron chi connectivity index (χ4n) is 0.962. The van der Waals surface area contributed by atoms with E-state index in [1.807, 2.05) is 0 Å². The van der Waals surface area contributed by atoms with Crippen LogP contribution in [-0.2, 0) is 0 Å². The standard InChI is InChI=1S/C8H6FN3O/c9-6-1-3-7(4-2-6)12-5-8(10)13-11-12/h1-5,10H. The van der Waals surface area contributed by atoms with Gasteiger partial charge in [-0.2, -0.15) is 0 Å². The van der Waals surface area contributed by atoms with Gasteiger partial charge in [-0.25, -0.2) is 4.39 Å². The van der Waals surface area contributed by atoms with E-state index in [-0.39, 0.29) is 11.7 Å². The molecular formula is C8H6FN3O. The van der Waals surface area contributed by atoms with Crippen LogP contribution in [0, 0.1) is 5.82 Å². The first-order valence-electron chi connectivity index (χ1n) is 3.62. The average Bonchev–Trinajstić information content (AvgIpc) is 2.53. The zero-order valence-corrected chi connectivity index (χ0v) is 6.57. The summed E-state index contributed by atoms with van der Waals surface area (Å²) in [6, 6.07) is 5.75. The van der Waals surface area contributed by atoms with Crippen LogP contribution >= 0.6 is 0 Å². The van der Waals surface area contributed by atoms with E-state index >= 15 is 0 Å². The van der Waals surface area contributed by atoms with Crippen LogP contribution < -0.4 is 4.68 Å². The van der Waals surface area contributed by atoms with Crippen molar-refractivity contribution in [1.82, 2.24) is 5.27 Å². The van der Waals surface area contributed by atoms with Gasteiger partial charge in [0.25, 0.3) is 0 Å². The monoisotopic (exact) mass is 179 g/mol. The predicted octanol–water partition coefficient (Wildman–Crippen LogP) is 1.77. The lowest BCUT2D eigenvalue weighted by atomic mass is 10.3. The SMILES string of the molecule is [NH-]c1c[n+](-c2ccc(F)cc2)no1. The molecule has 1 heterocycles. The highest BCUT2D eigenvalue weighted by Gasteiger charge is 2.09. The minimum absolute atomic E-state index is 0.0377. The Hall–Kier alpha value is -1.91. The van der Waals surface area contributed by atoms with E-state index in [0.29, 0.717) is 5.69 Å². The number of hydrogen-bond acceptors (Lipinski definition) is 2. The van der Waals surface area contributed by atoms with E-state index < -0.39 is 0 Å². The Morgan fingerprint density at radius 1 is 1.31 bits per heavy atom. The molecule has 2 aromatic rings. The molecular weight excluding hydrogens is 173 g/mol. The van der Waals surface area contributed by atoms with Crippen molar-refractivity contribution in [3.63, 3.8) is 0 Å². The number of hydrogen-bond donors (Lipinski definition) is 0. The Morgan fingerprint density at radius 3 is 2.54 bits per heavy atom. The lowest BCUT2D eigenvalue weighted by Crippen LogP contribution is -2.31. The number of nitrogens with zero attached hydrogens (tertiary/aromatic N) is 2. The summed E-state index contributed by atoms with van der Waals surface area (Å²) >= 11 is 0. The zero-order valence-electron chi connectivity index (χ0n) is 6.57. The van der Waals surface area contributed by atoms with Crippen LogP contribution in [0.3, 0.4) is 0 Å². The molecule has 13 heavy (non-hydrogen) atoms. The maximum atomic E-state index is 12.5. The maximum Gasteiger partial charge on any atom is 0.241 e. The fourth-order valence-corrected chi connectivity index (χ4v) is 0.962. The van der Waals surface area contributed by atoms with Gasteiger partial charge < -0.3 is 10.3 Å². The lowest BCUT2D eigenvalue weighted by molar-refractivity contribution is -0.670. The van der Waals surface area contributed by atoms with Crippen LogP contribution in [-0.4, -0.2) is 5.27 Å². The van der Waals surface area contributed by atoms with Crippen molar-refractivity contribution in [2.24, 2.45) is 0 Å². The van der Waals surface area contributed by atoms with Gasteiger partial charge in [0.1, 0.15) is 11.7 Å². The van der Waals surface area contributed by atoms with E-state index in [4.69, 9.17) is 5.73 Å². The summed E-state index contributed by atoms with van der Waals surface area (Å²) in [5.74, 6) is -0.344. The van der Waals surface area contributed by atoms with Crippen LogP contribution in [0.4, 0.5) is 10.3 Å². The van der Waals surface area contributed by atoms with Crippen molar-refractivity contribution in [2.75, 3.05) is 0 Å². The molecule has 0 spiro atoms. The topological polar surface area (TPSA) is 53.7 Å². The Labute approximate surface area is 73.4 Å². The summed E-state index contributed by atoms with van der Waals surface area (Å²) in [5.41, 5.74) is 7.74. The Bertz CT molecular complexity index is 410. The van der Waals surface area contributed by atoms with Gasteiger partial charge >= 0.3 is 0 Å². The second-order valence-corrected chi connectivity index (χ2v) is 2.49. The summed E-state index contributed by atoms with van der Waals surface area (Å²) in [6.07, 6.45) is 1.40. The molecule has 0 aliphatic carbocycles. The zero-order chi connectivity index (χ0) is 9.26. The molecule has 0 bridgehead atoms. The summed E-state index contributed by atoms with van der Waals surface area (Å²) in [6.45, 7) is 0. The van der Waals surface area contributed by atoms with Crippen molar-refractivity contribution in [2.45, 2.75) is 0 Å². The van der Waals surface area contributed by atoms with Crippen LogP contribution in [0.25, 0.3) is 11.4 Å². The number of halogens is 1. The number of rotatable bonds is 1. The third-order valence-electron chi connectivity index (χ3n) is 1.56. The van der Waals surface area contributed by atoms with Crippen LogP contribution in [0.1, 0.15) is 0 Å². The third kappa shape index (κ3) is 1.48. The second kappa shape index (κ2) is 2.85. The molecule has 0 radical (unpaired) electrons. The minimum Gasteiger partial charge on any atom is -0.660 e. The third-order valence-corrected chi connectivity index (χ3v) is 1.56. The molecule has 0 fully saturated rings. The highest BCUT2D eigenvalue weighted by molar-refractivity contribution is 5.25. The van der Waals surface area contributed by atoms with Gasteiger partial charge in [-0.1, -0.05) is 0 Å². The molecule has 0 aliphatic heterocycles. The highest BCUT2D eigenvalue weighted by Crippen LogP contribution is 2.06. The molecule has 1 aromatic heterocycles. The lowest BCUT2D eigenvalue weighted by Gasteiger charge is -1.86. The molecule has 0 unspecified atom stereocenters. The van der Waals surface area contributed by atoms with E-state index in [1.54, 1.807) is 12.1 Å². The first-order chi connectivity index (χ1) is 6.25. The van der Waals surface area contributed by atoms with Crippen molar-refractivity contribution in [3.05, 3.63) is 42.0 Å². The van der Waals surface area contributed by atoms with E-state index in [0.717, 1.165) is 0 Å². The first-order valence-corrected chi connectivity index (χ1v) is 3.62. The van der Waals surface area contributed by atoms with Crippen LogP contribution in [0.15, 0.2) is 35.0 Å².